The second kappa shape index (κ2) is 9.89. The fraction of sp³-hybridized carbons (Fsp3) is 0.435. The zero-order valence-corrected chi connectivity index (χ0v) is 20.3. The molecule has 0 radical (unpaired) electrons. The van der Waals surface area contributed by atoms with Gasteiger partial charge >= 0.3 is 5.97 Å². The van der Waals surface area contributed by atoms with Crippen LogP contribution in [0.4, 0.5) is 4.39 Å². The summed E-state index contributed by atoms with van der Waals surface area (Å²) in [5.74, 6) is -0.412. The summed E-state index contributed by atoms with van der Waals surface area (Å²) >= 11 is 7.85. The molecule has 1 fully saturated rings. The van der Waals surface area contributed by atoms with Crippen molar-refractivity contribution >= 4 is 34.7 Å². The molecule has 1 atom stereocenters. The lowest BCUT2D eigenvalue weighted by Crippen LogP contribution is -2.50. The number of carbonyl (C=O) groups excluding carboxylic acids is 1. The van der Waals surface area contributed by atoms with E-state index in [-0.39, 0.29) is 17.2 Å². The average Bonchev–Trinajstić information content (AvgIpc) is 3.28. The molecule has 1 unspecified atom stereocenters. The number of ether oxygens (including phenoxy) is 2. The number of esters is 1. The SMILES string of the molecule is CCOC(=O)C1=C(CN2CCOC(C)(C)C2)NC(c2nccs2)=NC1c1ccc(F)cc1Cl. The van der Waals surface area contributed by atoms with Crippen molar-refractivity contribution in [1.29, 1.82) is 0 Å². The first kappa shape index (κ1) is 23.8. The minimum atomic E-state index is -0.763. The van der Waals surface area contributed by atoms with Crippen LogP contribution >= 0.6 is 22.9 Å². The van der Waals surface area contributed by atoms with Crippen LogP contribution < -0.4 is 5.32 Å². The van der Waals surface area contributed by atoms with Crippen LogP contribution in [-0.2, 0) is 14.3 Å². The van der Waals surface area contributed by atoms with E-state index in [1.807, 2.05) is 19.2 Å². The molecule has 0 aliphatic carbocycles. The maximum absolute atomic E-state index is 13.8. The highest BCUT2D eigenvalue weighted by atomic mass is 35.5. The van der Waals surface area contributed by atoms with Gasteiger partial charge in [0.25, 0.3) is 0 Å². The number of thiazole rings is 1. The van der Waals surface area contributed by atoms with Gasteiger partial charge in [-0.3, -0.25) is 9.89 Å². The van der Waals surface area contributed by atoms with Crippen molar-refractivity contribution in [3.63, 3.8) is 0 Å². The number of morpholine rings is 1. The van der Waals surface area contributed by atoms with Gasteiger partial charge in [-0.25, -0.2) is 14.2 Å². The van der Waals surface area contributed by atoms with Gasteiger partial charge in [-0.1, -0.05) is 17.7 Å². The number of aliphatic imine (C=N–C) groups is 1. The number of nitrogens with one attached hydrogen (secondary N) is 1. The molecule has 0 amide bonds. The van der Waals surface area contributed by atoms with E-state index in [2.05, 4.69) is 15.2 Å². The van der Waals surface area contributed by atoms with Crippen molar-refractivity contribution < 1.29 is 18.7 Å². The summed E-state index contributed by atoms with van der Waals surface area (Å²) in [6, 6.07) is 3.34. The molecule has 1 aromatic heterocycles. The second-order valence-corrected chi connectivity index (χ2v) is 9.74. The van der Waals surface area contributed by atoms with E-state index < -0.39 is 17.8 Å². The second-order valence-electron chi connectivity index (χ2n) is 8.44. The van der Waals surface area contributed by atoms with Crippen LogP contribution in [0.1, 0.15) is 37.4 Å². The normalized spacial score (nSPS) is 20.9. The molecular weight excluding hydrogens is 467 g/mol. The van der Waals surface area contributed by atoms with Gasteiger partial charge in [0.05, 0.1) is 24.4 Å². The van der Waals surface area contributed by atoms with E-state index in [0.717, 1.165) is 6.54 Å². The first-order chi connectivity index (χ1) is 15.8. The maximum atomic E-state index is 13.8. The third kappa shape index (κ3) is 5.43. The molecular formula is C23H26ClFN4O3S. The number of halogens is 2. The molecule has 3 heterocycles. The van der Waals surface area contributed by atoms with Gasteiger partial charge in [0.1, 0.15) is 11.9 Å². The van der Waals surface area contributed by atoms with E-state index in [4.69, 9.17) is 26.1 Å². The molecule has 0 bridgehead atoms. The summed E-state index contributed by atoms with van der Waals surface area (Å²) in [5, 5.41) is 6.06. The number of aromatic nitrogens is 1. The third-order valence-corrected chi connectivity index (χ3v) is 6.51. The Morgan fingerprint density at radius 2 is 2.27 bits per heavy atom. The van der Waals surface area contributed by atoms with Crippen LogP contribution in [0.25, 0.3) is 0 Å². The molecule has 1 aromatic carbocycles. The Balaban J connectivity index is 1.81. The first-order valence-corrected chi connectivity index (χ1v) is 12.0. The van der Waals surface area contributed by atoms with Crippen LogP contribution in [0, 0.1) is 5.82 Å². The van der Waals surface area contributed by atoms with Crippen molar-refractivity contribution in [2.75, 3.05) is 32.8 Å². The summed E-state index contributed by atoms with van der Waals surface area (Å²) in [7, 11) is 0. The largest absolute Gasteiger partial charge is 0.463 e. The van der Waals surface area contributed by atoms with Crippen LogP contribution in [-0.4, -0.2) is 60.1 Å². The number of benzene rings is 1. The fourth-order valence-electron chi connectivity index (χ4n) is 4.04. The Bertz CT molecular complexity index is 1090. The molecule has 1 N–H and O–H groups in total. The minimum Gasteiger partial charge on any atom is -0.463 e. The standard InChI is InChI=1S/C23H26ClFN4O3S/c1-4-31-22(30)18-17(12-29-8-9-32-23(2,3)13-29)27-20(21-26-7-10-33-21)28-19(18)15-6-5-14(25)11-16(15)24/h5-7,10-11,19H,4,8-9,12-13H2,1-3H3,(H,27,28). The molecule has 2 aromatic rings. The van der Waals surface area contributed by atoms with Gasteiger partial charge in [0.2, 0.25) is 0 Å². The summed E-state index contributed by atoms with van der Waals surface area (Å²) in [6.07, 6.45) is 1.69. The van der Waals surface area contributed by atoms with Crippen LogP contribution in [0.15, 0.2) is 46.0 Å². The smallest absolute Gasteiger partial charge is 0.338 e. The Kier molecular flexibility index (Phi) is 7.13. The Labute approximate surface area is 201 Å². The average molecular weight is 493 g/mol. The molecule has 10 heteroatoms. The lowest BCUT2D eigenvalue weighted by atomic mass is 9.95. The lowest BCUT2D eigenvalue weighted by molar-refractivity contribution is -0.139. The summed E-state index contributed by atoms with van der Waals surface area (Å²) in [4.78, 5) is 24.6. The minimum absolute atomic E-state index is 0.192. The van der Waals surface area contributed by atoms with Crippen molar-refractivity contribution in [3.8, 4) is 0 Å². The van der Waals surface area contributed by atoms with E-state index in [0.29, 0.717) is 47.4 Å². The van der Waals surface area contributed by atoms with Gasteiger partial charge < -0.3 is 14.8 Å². The Morgan fingerprint density at radius 1 is 1.45 bits per heavy atom. The van der Waals surface area contributed by atoms with Gasteiger partial charge in [-0.05, 0) is 32.9 Å². The lowest BCUT2D eigenvalue weighted by Gasteiger charge is -2.39. The Hall–Kier alpha value is -2.33. The number of amidine groups is 1. The van der Waals surface area contributed by atoms with Gasteiger partial charge in [0.15, 0.2) is 10.8 Å². The number of rotatable bonds is 6. The molecule has 2 aliphatic rings. The van der Waals surface area contributed by atoms with E-state index in [1.165, 1.54) is 23.5 Å². The zero-order valence-electron chi connectivity index (χ0n) is 18.7. The molecule has 7 nitrogen and oxygen atoms in total. The third-order valence-electron chi connectivity index (χ3n) is 5.40. The number of hydrogen-bond acceptors (Lipinski definition) is 8. The van der Waals surface area contributed by atoms with Crippen molar-refractivity contribution in [2.24, 2.45) is 4.99 Å². The number of nitrogens with zero attached hydrogens (tertiary/aromatic N) is 3. The van der Waals surface area contributed by atoms with Crippen LogP contribution in [0.2, 0.25) is 5.02 Å². The summed E-state index contributed by atoms with van der Waals surface area (Å²) < 4.78 is 25.0. The predicted octanol–water partition coefficient (Wildman–Crippen LogP) is 3.95. The van der Waals surface area contributed by atoms with Crippen LogP contribution in [0.5, 0.6) is 0 Å². The summed E-state index contributed by atoms with van der Waals surface area (Å²) in [5.41, 5.74) is 1.24. The topological polar surface area (TPSA) is 76.0 Å². The van der Waals surface area contributed by atoms with E-state index in [9.17, 15) is 9.18 Å². The van der Waals surface area contributed by atoms with Gasteiger partial charge in [-0.15, -0.1) is 11.3 Å². The maximum Gasteiger partial charge on any atom is 0.338 e. The molecule has 0 spiro atoms. The number of hydrogen-bond donors (Lipinski definition) is 1. The summed E-state index contributed by atoms with van der Waals surface area (Å²) in [6.45, 7) is 8.51. The first-order valence-electron chi connectivity index (χ1n) is 10.7. The molecule has 1 saturated heterocycles. The molecule has 176 valence electrons. The molecule has 4 rings (SSSR count). The highest BCUT2D eigenvalue weighted by Crippen LogP contribution is 2.37. The van der Waals surface area contributed by atoms with Crippen molar-refractivity contribution in [3.05, 3.63) is 62.5 Å². The quantitative estimate of drug-likeness (QED) is 0.615. The molecule has 0 saturated carbocycles. The van der Waals surface area contributed by atoms with E-state index in [1.54, 1.807) is 19.2 Å². The van der Waals surface area contributed by atoms with Crippen LogP contribution in [0.3, 0.4) is 0 Å². The predicted molar refractivity (Wildman–Crippen MR) is 126 cm³/mol. The highest BCUT2D eigenvalue weighted by molar-refractivity contribution is 7.11. The highest BCUT2D eigenvalue weighted by Gasteiger charge is 2.36. The molecule has 33 heavy (non-hydrogen) atoms. The molecule has 2 aliphatic heterocycles. The van der Waals surface area contributed by atoms with Crippen molar-refractivity contribution in [1.82, 2.24) is 15.2 Å². The van der Waals surface area contributed by atoms with E-state index >= 15 is 0 Å². The van der Waals surface area contributed by atoms with Gasteiger partial charge in [0, 0.05) is 47.5 Å². The number of carbonyl (C=O) groups is 1. The Morgan fingerprint density at radius 3 is 2.94 bits per heavy atom. The zero-order chi connectivity index (χ0) is 23.6. The fourth-order valence-corrected chi connectivity index (χ4v) is 4.90. The monoisotopic (exact) mass is 492 g/mol. The van der Waals surface area contributed by atoms with Crippen molar-refractivity contribution in [2.45, 2.75) is 32.4 Å². The van der Waals surface area contributed by atoms with Gasteiger partial charge in [-0.2, -0.15) is 0 Å².